The second-order valence-corrected chi connectivity index (χ2v) is 4.50. The van der Waals surface area contributed by atoms with Crippen LogP contribution < -0.4 is 4.90 Å². The van der Waals surface area contributed by atoms with Crippen LogP contribution in [0.25, 0.3) is 0 Å². The summed E-state index contributed by atoms with van der Waals surface area (Å²) in [5.41, 5.74) is 0.618. The molecule has 0 saturated carbocycles. The number of nitrogens with zero attached hydrogens (tertiary/aromatic N) is 3. The van der Waals surface area contributed by atoms with Crippen molar-refractivity contribution in [2.75, 3.05) is 18.0 Å². The zero-order chi connectivity index (χ0) is 14.2. The number of anilines is 1. The molecular weight excluding hydrogens is 263 g/mol. The van der Waals surface area contributed by atoms with Crippen LogP contribution in [0.5, 0.6) is 0 Å². The number of hydrogen-bond donors (Lipinski definition) is 1. The molecule has 104 valence electrons. The third kappa shape index (κ3) is 2.77. The first-order chi connectivity index (χ1) is 8.79. The van der Waals surface area contributed by atoms with Crippen LogP contribution in [0.15, 0.2) is 12.3 Å². The monoisotopic (exact) mass is 275 g/mol. The van der Waals surface area contributed by atoms with Gasteiger partial charge in [-0.3, -0.25) is 4.79 Å². The van der Waals surface area contributed by atoms with Gasteiger partial charge in [0, 0.05) is 25.0 Å². The van der Waals surface area contributed by atoms with E-state index in [2.05, 4.69) is 9.97 Å². The molecule has 1 aromatic rings. The molecule has 0 aromatic carbocycles. The molecule has 8 heteroatoms. The molecule has 1 saturated heterocycles. The lowest BCUT2D eigenvalue weighted by Crippen LogP contribution is -2.33. The predicted octanol–water partition coefficient (Wildman–Crippen LogP) is 1.48. The number of aromatic nitrogens is 2. The SMILES string of the molecule is Cc1ccnc(N2C[C@@H](C(F)(F)F)[C@H](C(=O)O)C2)n1. The number of carbonyl (C=O) groups is 1. The van der Waals surface area contributed by atoms with Gasteiger partial charge in [-0.2, -0.15) is 13.2 Å². The van der Waals surface area contributed by atoms with Gasteiger partial charge in [-0.25, -0.2) is 9.97 Å². The molecule has 0 aliphatic carbocycles. The van der Waals surface area contributed by atoms with E-state index < -0.39 is 30.5 Å². The van der Waals surface area contributed by atoms with E-state index in [0.29, 0.717) is 5.69 Å². The van der Waals surface area contributed by atoms with Crippen LogP contribution in [0.3, 0.4) is 0 Å². The van der Waals surface area contributed by atoms with E-state index in [4.69, 9.17) is 5.11 Å². The number of aliphatic carboxylic acids is 1. The van der Waals surface area contributed by atoms with Gasteiger partial charge in [-0.05, 0) is 13.0 Å². The predicted molar refractivity (Wildman–Crippen MR) is 59.7 cm³/mol. The zero-order valence-electron chi connectivity index (χ0n) is 10.1. The molecule has 0 amide bonds. The minimum atomic E-state index is -4.54. The lowest BCUT2D eigenvalue weighted by atomic mass is 9.96. The lowest BCUT2D eigenvalue weighted by Gasteiger charge is -2.18. The summed E-state index contributed by atoms with van der Waals surface area (Å²) in [5, 5.41) is 8.90. The Labute approximate surface area is 107 Å². The van der Waals surface area contributed by atoms with Gasteiger partial charge in [0.25, 0.3) is 0 Å². The molecule has 0 spiro atoms. The maximum absolute atomic E-state index is 12.8. The van der Waals surface area contributed by atoms with Crippen molar-refractivity contribution in [3.8, 4) is 0 Å². The highest BCUT2D eigenvalue weighted by Crippen LogP contribution is 2.38. The minimum absolute atomic E-state index is 0.137. The first kappa shape index (κ1) is 13.6. The summed E-state index contributed by atoms with van der Waals surface area (Å²) in [5.74, 6) is -4.69. The second-order valence-electron chi connectivity index (χ2n) is 4.50. The fourth-order valence-corrected chi connectivity index (χ4v) is 2.14. The summed E-state index contributed by atoms with van der Waals surface area (Å²) >= 11 is 0. The van der Waals surface area contributed by atoms with Crippen LogP contribution in [0.2, 0.25) is 0 Å². The molecule has 2 rings (SSSR count). The molecule has 0 radical (unpaired) electrons. The Morgan fingerprint density at radius 3 is 2.63 bits per heavy atom. The van der Waals surface area contributed by atoms with Gasteiger partial charge >= 0.3 is 12.1 Å². The van der Waals surface area contributed by atoms with Gasteiger partial charge in [-0.15, -0.1) is 0 Å². The maximum atomic E-state index is 12.8. The Morgan fingerprint density at radius 2 is 2.16 bits per heavy atom. The number of carboxylic acids is 1. The average molecular weight is 275 g/mol. The first-order valence-electron chi connectivity index (χ1n) is 5.63. The van der Waals surface area contributed by atoms with Crippen molar-refractivity contribution in [3.05, 3.63) is 18.0 Å². The Hall–Kier alpha value is -1.86. The molecular formula is C11H12F3N3O2. The zero-order valence-corrected chi connectivity index (χ0v) is 10.1. The van der Waals surface area contributed by atoms with Crippen LogP contribution in [0.4, 0.5) is 19.1 Å². The van der Waals surface area contributed by atoms with Crippen molar-refractivity contribution in [2.24, 2.45) is 11.8 Å². The van der Waals surface area contributed by atoms with Crippen molar-refractivity contribution in [1.29, 1.82) is 0 Å². The summed E-state index contributed by atoms with van der Waals surface area (Å²) in [6.45, 7) is 1.03. The normalized spacial score (nSPS) is 23.7. The second kappa shape index (κ2) is 4.67. The van der Waals surface area contributed by atoms with E-state index in [-0.39, 0.29) is 12.5 Å². The Balaban J connectivity index is 2.25. The smallest absolute Gasteiger partial charge is 0.394 e. The Kier molecular flexibility index (Phi) is 3.34. The van der Waals surface area contributed by atoms with Gasteiger partial charge < -0.3 is 10.0 Å². The highest BCUT2D eigenvalue weighted by molar-refractivity contribution is 5.72. The van der Waals surface area contributed by atoms with Crippen molar-refractivity contribution in [1.82, 2.24) is 9.97 Å². The third-order valence-electron chi connectivity index (χ3n) is 3.12. The molecule has 0 bridgehead atoms. The van der Waals surface area contributed by atoms with E-state index in [0.717, 1.165) is 0 Å². The molecule has 1 N–H and O–H groups in total. The van der Waals surface area contributed by atoms with Crippen molar-refractivity contribution >= 4 is 11.9 Å². The molecule has 1 aromatic heterocycles. The number of rotatable bonds is 2. The number of halogens is 3. The van der Waals surface area contributed by atoms with Gasteiger partial charge in [0.2, 0.25) is 5.95 Å². The number of aryl methyl sites for hydroxylation is 1. The minimum Gasteiger partial charge on any atom is -0.481 e. The highest BCUT2D eigenvalue weighted by atomic mass is 19.4. The van der Waals surface area contributed by atoms with Crippen LogP contribution in [-0.4, -0.2) is 40.3 Å². The van der Waals surface area contributed by atoms with Crippen molar-refractivity contribution in [2.45, 2.75) is 13.1 Å². The van der Waals surface area contributed by atoms with Crippen LogP contribution in [0.1, 0.15) is 5.69 Å². The summed E-state index contributed by atoms with van der Waals surface area (Å²) in [6.07, 6.45) is -3.10. The molecule has 2 atom stereocenters. The molecule has 2 heterocycles. The first-order valence-corrected chi connectivity index (χ1v) is 5.63. The van der Waals surface area contributed by atoms with E-state index in [9.17, 15) is 18.0 Å². The van der Waals surface area contributed by atoms with Gasteiger partial charge in [0.15, 0.2) is 0 Å². The summed E-state index contributed by atoms with van der Waals surface area (Å²) in [4.78, 5) is 20.1. The van der Waals surface area contributed by atoms with Crippen LogP contribution >= 0.6 is 0 Å². The summed E-state index contributed by atoms with van der Waals surface area (Å²) in [7, 11) is 0. The molecule has 0 unspecified atom stereocenters. The fourth-order valence-electron chi connectivity index (χ4n) is 2.14. The Bertz CT molecular complexity index is 492. The summed E-state index contributed by atoms with van der Waals surface area (Å²) in [6, 6.07) is 1.62. The van der Waals surface area contributed by atoms with Crippen LogP contribution in [0, 0.1) is 18.8 Å². The maximum Gasteiger partial charge on any atom is 0.394 e. The average Bonchev–Trinajstić information content (AvgIpc) is 2.73. The number of alkyl halides is 3. The van der Waals surface area contributed by atoms with Gasteiger partial charge in [0.05, 0.1) is 11.8 Å². The highest BCUT2D eigenvalue weighted by Gasteiger charge is 2.53. The van der Waals surface area contributed by atoms with Crippen molar-refractivity contribution < 1.29 is 23.1 Å². The molecule has 1 fully saturated rings. The van der Waals surface area contributed by atoms with E-state index in [1.165, 1.54) is 11.1 Å². The number of carboxylic acid groups (broad SMARTS) is 1. The van der Waals surface area contributed by atoms with Gasteiger partial charge in [0.1, 0.15) is 0 Å². The molecule has 1 aliphatic heterocycles. The van der Waals surface area contributed by atoms with E-state index in [1.54, 1.807) is 13.0 Å². The Morgan fingerprint density at radius 1 is 1.47 bits per heavy atom. The standard InChI is InChI=1S/C11H12F3N3O2/c1-6-2-3-15-10(16-6)17-4-7(9(18)19)8(5-17)11(12,13)14/h2-3,7-8H,4-5H2,1H3,(H,18,19)/t7-,8-/m1/s1. The third-order valence-corrected chi connectivity index (χ3v) is 3.12. The number of hydrogen-bond acceptors (Lipinski definition) is 4. The van der Waals surface area contributed by atoms with Crippen molar-refractivity contribution in [3.63, 3.8) is 0 Å². The molecule has 19 heavy (non-hydrogen) atoms. The largest absolute Gasteiger partial charge is 0.481 e. The molecule has 1 aliphatic rings. The van der Waals surface area contributed by atoms with E-state index >= 15 is 0 Å². The van der Waals surface area contributed by atoms with Gasteiger partial charge in [-0.1, -0.05) is 0 Å². The summed E-state index contributed by atoms with van der Waals surface area (Å²) < 4.78 is 38.4. The fraction of sp³-hybridized carbons (Fsp3) is 0.545. The lowest BCUT2D eigenvalue weighted by molar-refractivity contribution is -0.187. The van der Waals surface area contributed by atoms with Crippen LogP contribution in [-0.2, 0) is 4.79 Å². The topological polar surface area (TPSA) is 66.3 Å². The molecule has 5 nitrogen and oxygen atoms in total. The van der Waals surface area contributed by atoms with E-state index in [1.807, 2.05) is 0 Å². The quantitative estimate of drug-likeness (QED) is 0.885.